The third-order valence-corrected chi connectivity index (χ3v) is 7.03. The summed E-state index contributed by atoms with van der Waals surface area (Å²) in [4.78, 5) is 12.6. The molecule has 4 saturated carbocycles. The Morgan fingerprint density at radius 3 is 2.04 bits per heavy atom. The Kier molecular flexibility index (Phi) is 4.09. The normalized spacial score (nSPS) is 35.7. The number of rotatable bonds is 4. The molecule has 0 N–H and O–H groups in total. The second-order valence-corrected chi connectivity index (χ2v) is 8.98. The minimum atomic E-state index is -0.273. The van der Waals surface area contributed by atoms with Crippen molar-refractivity contribution >= 4 is 5.97 Å². The maximum Gasteiger partial charge on any atom is 0.344 e. The lowest BCUT2D eigenvalue weighted by molar-refractivity contribution is -0.204. The Hall–Kier alpha value is -1.51. The van der Waals surface area contributed by atoms with E-state index in [1.54, 1.807) is 0 Å². The molecule has 4 bridgehead atoms. The van der Waals surface area contributed by atoms with Crippen LogP contribution in [0.1, 0.15) is 55.7 Å². The number of hydrogen-bond donors (Lipinski definition) is 0. The van der Waals surface area contributed by atoms with Crippen LogP contribution in [0.4, 0.5) is 0 Å². The molecule has 0 radical (unpaired) electrons. The number of esters is 1. The van der Waals surface area contributed by atoms with E-state index >= 15 is 0 Å². The lowest BCUT2D eigenvalue weighted by Crippen LogP contribution is -2.58. The zero-order valence-corrected chi connectivity index (χ0v) is 15.9. The van der Waals surface area contributed by atoms with Gasteiger partial charge in [0.15, 0.2) is 6.61 Å². The lowest BCUT2D eigenvalue weighted by atomic mass is 9.50. The second-order valence-electron chi connectivity index (χ2n) is 8.98. The number of aryl methyl sites for hydroxylation is 3. The van der Waals surface area contributed by atoms with E-state index < -0.39 is 0 Å². The van der Waals surface area contributed by atoms with Gasteiger partial charge >= 0.3 is 5.97 Å². The summed E-state index contributed by atoms with van der Waals surface area (Å²) < 4.78 is 11.9. The molecule has 25 heavy (non-hydrogen) atoms. The summed E-state index contributed by atoms with van der Waals surface area (Å²) in [6, 6.07) is 4.18. The summed E-state index contributed by atoms with van der Waals surface area (Å²) in [5, 5.41) is 0. The molecule has 0 heterocycles. The van der Waals surface area contributed by atoms with E-state index in [-0.39, 0.29) is 18.2 Å². The van der Waals surface area contributed by atoms with Gasteiger partial charge in [-0.3, -0.25) is 0 Å². The average molecular weight is 342 g/mol. The summed E-state index contributed by atoms with van der Waals surface area (Å²) >= 11 is 0. The molecule has 1 aromatic carbocycles. The Morgan fingerprint density at radius 1 is 1.00 bits per heavy atom. The van der Waals surface area contributed by atoms with Gasteiger partial charge in [0.1, 0.15) is 11.4 Å². The van der Waals surface area contributed by atoms with Crippen molar-refractivity contribution in [1.29, 1.82) is 0 Å². The first-order valence-corrected chi connectivity index (χ1v) is 9.77. The Labute approximate surface area is 151 Å². The van der Waals surface area contributed by atoms with Crippen LogP contribution in [0.25, 0.3) is 0 Å². The zero-order chi connectivity index (χ0) is 17.8. The first-order chi connectivity index (χ1) is 11.8. The van der Waals surface area contributed by atoms with Crippen molar-refractivity contribution in [3.63, 3.8) is 0 Å². The van der Waals surface area contributed by atoms with Gasteiger partial charge in [0.25, 0.3) is 0 Å². The number of ether oxygens (including phenoxy) is 2. The molecule has 1 aromatic rings. The molecule has 136 valence electrons. The molecule has 5 rings (SSSR count). The van der Waals surface area contributed by atoms with Crippen molar-refractivity contribution in [2.24, 2.45) is 23.7 Å². The molecule has 0 spiro atoms. The Morgan fingerprint density at radius 2 is 1.52 bits per heavy atom. The van der Waals surface area contributed by atoms with Crippen LogP contribution in [-0.2, 0) is 9.53 Å². The van der Waals surface area contributed by atoms with Crippen molar-refractivity contribution in [2.45, 2.75) is 65.4 Å². The van der Waals surface area contributed by atoms with Gasteiger partial charge in [-0.15, -0.1) is 0 Å². The molecule has 3 heteroatoms. The molecule has 0 aromatic heterocycles. The van der Waals surface area contributed by atoms with E-state index in [1.165, 1.54) is 37.7 Å². The SMILES string of the molecule is Cc1cc(C)c(OCC(=O)OC2(C)C3CC4CC(C3)CC2C4)c(C)c1. The maximum atomic E-state index is 12.6. The summed E-state index contributed by atoms with van der Waals surface area (Å²) in [7, 11) is 0. The molecule has 4 fully saturated rings. The molecule has 0 unspecified atom stereocenters. The van der Waals surface area contributed by atoms with Crippen LogP contribution in [0.3, 0.4) is 0 Å². The van der Waals surface area contributed by atoms with E-state index in [9.17, 15) is 4.79 Å². The van der Waals surface area contributed by atoms with E-state index in [0.29, 0.717) is 11.8 Å². The fourth-order valence-corrected chi connectivity index (χ4v) is 6.09. The van der Waals surface area contributed by atoms with E-state index in [2.05, 4.69) is 26.0 Å². The average Bonchev–Trinajstić information content (AvgIpc) is 2.51. The lowest BCUT2D eigenvalue weighted by Gasteiger charge is -2.59. The number of carbonyl (C=O) groups is 1. The second kappa shape index (κ2) is 6.03. The Balaban J connectivity index is 1.41. The predicted molar refractivity (Wildman–Crippen MR) is 97.7 cm³/mol. The first-order valence-electron chi connectivity index (χ1n) is 9.77. The highest BCUT2D eigenvalue weighted by Crippen LogP contribution is 2.59. The van der Waals surface area contributed by atoms with E-state index in [4.69, 9.17) is 9.47 Å². The third-order valence-electron chi connectivity index (χ3n) is 7.03. The molecular weight excluding hydrogens is 312 g/mol. The van der Waals surface area contributed by atoms with Crippen molar-refractivity contribution in [3.05, 3.63) is 28.8 Å². The van der Waals surface area contributed by atoms with Gasteiger partial charge in [0, 0.05) is 0 Å². The zero-order valence-electron chi connectivity index (χ0n) is 15.9. The van der Waals surface area contributed by atoms with Crippen molar-refractivity contribution in [2.75, 3.05) is 6.61 Å². The van der Waals surface area contributed by atoms with E-state index in [1.807, 2.05) is 13.8 Å². The highest BCUT2D eigenvalue weighted by Gasteiger charge is 2.57. The molecular formula is C22H30O3. The van der Waals surface area contributed by atoms with Gasteiger partial charge in [-0.1, -0.05) is 17.7 Å². The molecule has 0 atom stereocenters. The van der Waals surface area contributed by atoms with Crippen LogP contribution in [0, 0.1) is 44.4 Å². The minimum Gasteiger partial charge on any atom is -0.481 e. The van der Waals surface area contributed by atoms with Gasteiger partial charge < -0.3 is 9.47 Å². The summed E-state index contributed by atoms with van der Waals surface area (Å²) in [5.41, 5.74) is 3.09. The van der Waals surface area contributed by atoms with Crippen LogP contribution in [0.5, 0.6) is 5.75 Å². The summed E-state index contributed by atoms with van der Waals surface area (Å²) in [6.45, 7) is 8.32. The van der Waals surface area contributed by atoms with Crippen LogP contribution < -0.4 is 4.74 Å². The largest absolute Gasteiger partial charge is 0.481 e. The highest BCUT2D eigenvalue weighted by molar-refractivity contribution is 5.72. The van der Waals surface area contributed by atoms with Crippen LogP contribution in [-0.4, -0.2) is 18.2 Å². The summed E-state index contributed by atoms with van der Waals surface area (Å²) in [5.74, 6) is 3.46. The van der Waals surface area contributed by atoms with Gasteiger partial charge in [-0.2, -0.15) is 0 Å². The molecule has 4 aliphatic carbocycles. The number of hydrogen-bond acceptors (Lipinski definition) is 3. The van der Waals surface area contributed by atoms with Gasteiger partial charge in [-0.25, -0.2) is 4.79 Å². The molecule has 0 amide bonds. The van der Waals surface area contributed by atoms with E-state index in [0.717, 1.165) is 28.7 Å². The van der Waals surface area contributed by atoms with Gasteiger partial charge in [-0.05, 0) is 94.6 Å². The summed E-state index contributed by atoms with van der Waals surface area (Å²) in [6.07, 6.45) is 6.38. The Bertz CT molecular complexity index is 640. The third kappa shape index (κ3) is 2.96. The quantitative estimate of drug-likeness (QED) is 0.741. The van der Waals surface area contributed by atoms with Gasteiger partial charge in [0.2, 0.25) is 0 Å². The smallest absolute Gasteiger partial charge is 0.344 e. The predicted octanol–water partition coefficient (Wildman–Crippen LogP) is 4.75. The first kappa shape index (κ1) is 16.9. The maximum absolute atomic E-state index is 12.6. The van der Waals surface area contributed by atoms with Crippen molar-refractivity contribution in [3.8, 4) is 5.75 Å². The fourth-order valence-electron chi connectivity index (χ4n) is 6.09. The van der Waals surface area contributed by atoms with Crippen LogP contribution >= 0.6 is 0 Å². The highest BCUT2D eigenvalue weighted by atomic mass is 16.6. The molecule has 0 saturated heterocycles. The number of carbonyl (C=O) groups excluding carboxylic acids is 1. The molecule has 0 aliphatic heterocycles. The molecule has 3 nitrogen and oxygen atoms in total. The van der Waals surface area contributed by atoms with Crippen molar-refractivity contribution < 1.29 is 14.3 Å². The van der Waals surface area contributed by atoms with Crippen LogP contribution in [0.2, 0.25) is 0 Å². The topological polar surface area (TPSA) is 35.5 Å². The van der Waals surface area contributed by atoms with Crippen molar-refractivity contribution in [1.82, 2.24) is 0 Å². The number of benzene rings is 1. The fraction of sp³-hybridized carbons (Fsp3) is 0.682. The minimum absolute atomic E-state index is 0.00658. The van der Waals surface area contributed by atoms with Gasteiger partial charge in [0.05, 0.1) is 0 Å². The monoisotopic (exact) mass is 342 g/mol. The van der Waals surface area contributed by atoms with Crippen LogP contribution in [0.15, 0.2) is 12.1 Å². The molecule has 4 aliphatic rings. The standard InChI is InChI=1S/C22H30O3/c1-13-5-14(2)21(15(3)6-13)24-12-20(23)25-22(4)18-8-16-7-17(10-18)11-19(22)9-16/h5-6,16-19H,7-12H2,1-4H3.